The zero-order chi connectivity index (χ0) is 14.5. The molecular weight excluding hydrogens is 282 g/mol. The summed E-state index contributed by atoms with van der Waals surface area (Å²) >= 11 is 5.95. The third-order valence-corrected chi connectivity index (χ3v) is 3.50. The molecule has 5 nitrogen and oxygen atoms in total. The minimum atomic E-state index is -1.06. The van der Waals surface area contributed by atoms with Gasteiger partial charge >= 0.3 is 5.97 Å². The van der Waals surface area contributed by atoms with Gasteiger partial charge in [0, 0.05) is 6.61 Å². The molecule has 1 fully saturated rings. The molecule has 2 rings (SSSR count). The number of benzene rings is 1. The lowest BCUT2D eigenvalue weighted by atomic mass is 10.1. The molecule has 0 radical (unpaired) electrons. The number of nitrogens with one attached hydrogen (secondary N) is 1. The van der Waals surface area contributed by atoms with E-state index < -0.39 is 5.97 Å². The monoisotopic (exact) mass is 297 g/mol. The zero-order valence-corrected chi connectivity index (χ0v) is 11.7. The molecule has 0 bridgehead atoms. The van der Waals surface area contributed by atoms with Crippen LogP contribution in [0.2, 0.25) is 5.02 Å². The molecule has 0 aliphatic carbocycles. The van der Waals surface area contributed by atoms with Crippen LogP contribution in [0.1, 0.15) is 36.0 Å². The molecule has 108 valence electrons. The second-order valence-electron chi connectivity index (χ2n) is 4.74. The zero-order valence-electron chi connectivity index (χ0n) is 10.9. The molecule has 0 aromatic heterocycles. The maximum absolute atomic E-state index is 11.9. The van der Waals surface area contributed by atoms with Gasteiger partial charge in [-0.05, 0) is 37.5 Å². The van der Waals surface area contributed by atoms with Crippen molar-refractivity contribution in [3.05, 3.63) is 28.8 Å². The quantitative estimate of drug-likeness (QED) is 0.896. The second kappa shape index (κ2) is 6.72. The topological polar surface area (TPSA) is 75.6 Å². The molecule has 1 unspecified atom stereocenters. The van der Waals surface area contributed by atoms with Crippen LogP contribution in [0.3, 0.4) is 0 Å². The molecular formula is C14H16ClNO4. The smallest absolute Gasteiger partial charge is 0.335 e. The number of anilines is 1. The predicted molar refractivity (Wildman–Crippen MR) is 75.2 cm³/mol. The summed E-state index contributed by atoms with van der Waals surface area (Å²) in [6.07, 6.45) is 3.16. The summed E-state index contributed by atoms with van der Waals surface area (Å²) in [5, 5.41) is 11.9. The minimum absolute atomic E-state index is 0.0646. The van der Waals surface area contributed by atoms with Crippen molar-refractivity contribution < 1.29 is 19.4 Å². The molecule has 1 aliphatic rings. The number of halogens is 1. The van der Waals surface area contributed by atoms with Crippen LogP contribution in [0.25, 0.3) is 0 Å². The molecule has 1 aromatic rings. The molecule has 1 aromatic carbocycles. The van der Waals surface area contributed by atoms with E-state index in [-0.39, 0.29) is 24.0 Å². The van der Waals surface area contributed by atoms with E-state index in [2.05, 4.69) is 5.32 Å². The summed E-state index contributed by atoms with van der Waals surface area (Å²) in [7, 11) is 0. The lowest BCUT2D eigenvalue weighted by Gasteiger charge is -2.22. The lowest BCUT2D eigenvalue weighted by Crippen LogP contribution is -2.25. The van der Waals surface area contributed by atoms with E-state index in [1.165, 1.54) is 18.2 Å². The minimum Gasteiger partial charge on any atom is -0.478 e. The first kappa shape index (κ1) is 14.8. The van der Waals surface area contributed by atoms with Crippen LogP contribution >= 0.6 is 11.6 Å². The number of rotatable bonds is 4. The number of hydrogen-bond donors (Lipinski definition) is 2. The van der Waals surface area contributed by atoms with E-state index in [9.17, 15) is 9.59 Å². The van der Waals surface area contributed by atoms with Crippen molar-refractivity contribution in [1.29, 1.82) is 0 Å². The van der Waals surface area contributed by atoms with E-state index in [4.69, 9.17) is 21.4 Å². The van der Waals surface area contributed by atoms with Gasteiger partial charge < -0.3 is 15.2 Å². The van der Waals surface area contributed by atoms with E-state index in [1.807, 2.05) is 0 Å². The van der Waals surface area contributed by atoms with Crippen molar-refractivity contribution in [3.63, 3.8) is 0 Å². The SMILES string of the molecule is O=C(CC1CCCCO1)Nc1cc(C(=O)O)ccc1Cl. The van der Waals surface area contributed by atoms with Gasteiger partial charge in [0.15, 0.2) is 0 Å². The van der Waals surface area contributed by atoms with Crippen molar-refractivity contribution in [1.82, 2.24) is 0 Å². The van der Waals surface area contributed by atoms with Gasteiger partial charge in [-0.1, -0.05) is 11.6 Å². The lowest BCUT2D eigenvalue weighted by molar-refractivity contribution is -0.119. The Kier molecular flexibility index (Phi) is 4.98. The Labute approximate surface area is 121 Å². The third kappa shape index (κ3) is 3.95. The van der Waals surface area contributed by atoms with Gasteiger partial charge in [0.1, 0.15) is 0 Å². The van der Waals surface area contributed by atoms with E-state index >= 15 is 0 Å². The van der Waals surface area contributed by atoms with Gasteiger partial charge in [-0.15, -0.1) is 0 Å². The molecule has 1 heterocycles. The van der Waals surface area contributed by atoms with Crippen LogP contribution in [-0.4, -0.2) is 29.7 Å². The van der Waals surface area contributed by atoms with Crippen molar-refractivity contribution in [3.8, 4) is 0 Å². The largest absolute Gasteiger partial charge is 0.478 e. The van der Waals surface area contributed by atoms with E-state index in [0.717, 1.165) is 19.3 Å². The normalized spacial score (nSPS) is 18.6. The van der Waals surface area contributed by atoms with Crippen LogP contribution in [-0.2, 0) is 9.53 Å². The maximum Gasteiger partial charge on any atom is 0.335 e. The molecule has 0 spiro atoms. The summed E-state index contributed by atoms with van der Waals surface area (Å²) in [5.74, 6) is -1.28. The average Bonchev–Trinajstić information content (AvgIpc) is 2.42. The molecule has 1 aliphatic heterocycles. The van der Waals surface area contributed by atoms with Crippen LogP contribution in [0.5, 0.6) is 0 Å². The summed E-state index contributed by atoms with van der Waals surface area (Å²) in [6.45, 7) is 0.688. The molecule has 1 amide bonds. The first-order valence-electron chi connectivity index (χ1n) is 6.50. The van der Waals surface area contributed by atoms with Crippen molar-refractivity contribution in [2.75, 3.05) is 11.9 Å². The van der Waals surface area contributed by atoms with Crippen LogP contribution in [0.4, 0.5) is 5.69 Å². The Morgan fingerprint density at radius 1 is 1.40 bits per heavy atom. The van der Waals surface area contributed by atoms with Gasteiger partial charge in [0.2, 0.25) is 5.91 Å². The fraction of sp³-hybridized carbons (Fsp3) is 0.429. The van der Waals surface area contributed by atoms with Gasteiger partial charge in [0.05, 0.1) is 28.8 Å². The summed E-state index contributed by atoms with van der Waals surface area (Å²) in [5.41, 5.74) is 0.394. The first-order valence-corrected chi connectivity index (χ1v) is 6.88. The van der Waals surface area contributed by atoms with Crippen LogP contribution < -0.4 is 5.32 Å². The fourth-order valence-corrected chi connectivity index (χ4v) is 2.30. The highest BCUT2D eigenvalue weighted by Gasteiger charge is 2.18. The number of carboxylic acid groups (broad SMARTS) is 1. The Bertz CT molecular complexity index is 512. The molecule has 1 atom stereocenters. The molecule has 0 saturated carbocycles. The number of carboxylic acids is 1. The predicted octanol–water partition coefficient (Wildman–Crippen LogP) is 2.94. The van der Waals surface area contributed by atoms with Crippen LogP contribution in [0.15, 0.2) is 18.2 Å². The van der Waals surface area contributed by atoms with Gasteiger partial charge in [-0.2, -0.15) is 0 Å². The number of amides is 1. The van der Waals surface area contributed by atoms with Crippen molar-refractivity contribution >= 4 is 29.2 Å². The van der Waals surface area contributed by atoms with Gasteiger partial charge in [-0.3, -0.25) is 4.79 Å². The summed E-state index contributed by atoms with van der Waals surface area (Å²) in [6, 6.07) is 4.20. The van der Waals surface area contributed by atoms with Gasteiger partial charge in [-0.25, -0.2) is 4.79 Å². The van der Waals surface area contributed by atoms with Crippen LogP contribution in [0, 0.1) is 0 Å². The third-order valence-electron chi connectivity index (χ3n) is 3.17. The highest BCUT2D eigenvalue weighted by atomic mass is 35.5. The van der Waals surface area contributed by atoms with Crippen molar-refractivity contribution in [2.24, 2.45) is 0 Å². The highest BCUT2D eigenvalue weighted by Crippen LogP contribution is 2.24. The maximum atomic E-state index is 11.9. The Morgan fingerprint density at radius 2 is 2.20 bits per heavy atom. The van der Waals surface area contributed by atoms with Crippen molar-refractivity contribution in [2.45, 2.75) is 31.8 Å². The number of aromatic carboxylic acids is 1. The first-order chi connectivity index (χ1) is 9.56. The van der Waals surface area contributed by atoms with Gasteiger partial charge in [0.25, 0.3) is 0 Å². The molecule has 1 saturated heterocycles. The molecule has 20 heavy (non-hydrogen) atoms. The Morgan fingerprint density at radius 3 is 2.85 bits per heavy atom. The number of hydrogen-bond acceptors (Lipinski definition) is 3. The standard InChI is InChI=1S/C14H16ClNO4/c15-11-5-4-9(14(18)19)7-12(11)16-13(17)8-10-3-1-2-6-20-10/h4-5,7,10H,1-3,6,8H2,(H,16,17)(H,18,19). The summed E-state index contributed by atoms with van der Waals surface area (Å²) in [4.78, 5) is 22.8. The van der Waals surface area contributed by atoms with E-state index in [1.54, 1.807) is 0 Å². The van der Waals surface area contributed by atoms with E-state index in [0.29, 0.717) is 17.3 Å². The number of carbonyl (C=O) groups is 2. The fourth-order valence-electron chi connectivity index (χ4n) is 2.13. The number of carbonyl (C=O) groups excluding carboxylic acids is 1. The second-order valence-corrected chi connectivity index (χ2v) is 5.15. The summed E-state index contributed by atoms with van der Waals surface area (Å²) < 4.78 is 5.49. The molecule has 2 N–H and O–H groups in total. The average molecular weight is 298 g/mol. The molecule has 6 heteroatoms. The highest BCUT2D eigenvalue weighted by molar-refractivity contribution is 6.33. The Balaban J connectivity index is 1.99. The number of ether oxygens (including phenoxy) is 1. The Hall–Kier alpha value is -1.59.